The van der Waals surface area contributed by atoms with Crippen molar-refractivity contribution in [2.75, 3.05) is 6.54 Å². The molecule has 3 nitrogen and oxygen atoms in total. The summed E-state index contributed by atoms with van der Waals surface area (Å²) < 4.78 is 0. The topological polar surface area (TPSA) is 55.3 Å². The monoisotopic (exact) mass is 143 g/mol. The fraction of sp³-hybridized carbons (Fsp3) is 1.00. The summed E-state index contributed by atoms with van der Waals surface area (Å²) in [5, 5.41) is 1.92. The van der Waals surface area contributed by atoms with Gasteiger partial charge in [0.1, 0.15) is 0 Å². The van der Waals surface area contributed by atoms with Crippen molar-refractivity contribution in [3.63, 3.8) is 0 Å². The molecule has 1 saturated heterocycles. The highest BCUT2D eigenvalue weighted by Gasteiger charge is 2.22. The molecule has 4 N–H and O–H groups in total. The quantitative estimate of drug-likeness (QED) is 0.510. The summed E-state index contributed by atoms with van der Waals surface area (Å²) in [6.45, 7) is 3.11. The molecule has 10 heavy (non-hydrogen) atoms. The molecule has 0 amide bonds. The number of hydrazine groups is 1. The average Bonchev–Trinajstić information content (AvgIpc) is 1.94. The van der Waals surface area contributed by atoms with E-state index in [0.29, 0.717) is 12.1 Å². The number of hydrogen-bond donors (Lipinski definition) is 2. The first-order valence-electron chi connectivity index (χ1n) is 4.01. The molecule has 0 saturated carbocycles. The van der Waals surface area contributed by atoms with Gasteiger partial charge in [-0.3, -0.25) is 5.84 Å². The molecule has 0 bridgehead atoms. The van der Waals surface area contributed by atoms with Crippen molar-refractivity contribution >= 4 is 0 Å². The third-order valence-corrected chi connectivity index (χ3v) is 2.27. The van der Waals surface area contributed by atoms with E-state index in [2.05, 4.69) is 6.92 Å². The van der Waals surface area contributed by atoms with E-state index >= 15 is 0 Å². The molecule has 0 aromatic rings. The Kier molecular flexibility index (Phi) is 2.65. The highest BCUT2D eigenvalue weighted by molar-refractivity contribution is 4.79. The second-order valence-corrected chi connectivity index (χ2v) is 3.08. The standard InChI is InChI=1S/C7H17N3/c1-2-7-5-6(8)3-4-10(7)9/h6-7H,2-5,8-9H2,1H3. The zero-order valence-corrected chi connectivity index (χ0v) is 6.59. The molecule has 2 unspecified atom stereocenters. The summed E-state index contributed by atoms with van der Waals surface area (Å²) in [6.07, 6.45) is 3.23. The predicted octanol–water partition coefficient (Wildman–Crippen LogP) is 0.0618. The van der Waals surface area contributed by atoms with Gasteiger partial charge in [0.25, 0.3) is 0 Å². The summed E-state index contributed by atoms with van der Waals surface area (Å²) in [4.78, 5) is 0. The van der Waals surface area contributed by atoms with Gasteiger partial charge in [0, 0.05) is 18.6 Å². The van der Waals surface area contributed by atoms with Gasteiger partial charge < -0.3 is 5.73 Å². The molecule has 1 heterocycles. The number of nitrogens with two attached hydrogens (primary N) is 2. The summed E-state index contributed by atoms with van der Waals surface area (Å²) in [5.41, 5.74) is 5.78. The predicted molar refractivity (Wildman–Crippen MR) is 42.2 cm³/mol. The van der Waals surface area contributed by atoms with E-state index in [-0.39, 0.29) is 0 Å². The lowest BCUT2D eigenvalue weighted by molar-refractivity contribution is 0.134. The smallest absolute Gasteiger partial charge is 0.0253 e. The van der Waals surface area contributed by atoms with E-state index in [9.17, 15) is 0 Å². The first kappa shape index (κ1) is 7.98. The number of nitrogens with zero attached hydrogens (tertiary/aromatic N) is 1. The van der Waals surface area contributed by atoms with Gasteiger partial charge in [-0.1, -0.05) is 6.92 Å². The van der Waals surface area contributed by atoms with Gasteiger partial charge in [-0.2, -0.15) is 0 Å². The number of piperidine rings is 1. The van der Waals surface area contributed by atoms with Gasteiger partial charge in [0.2, 0.25) is 0 Å². The van der Waals surface area contributed by atoms with Crippen molar-refractivity contribution in [1.29, 1.82) is 0 Å². The summed E-state index contributed by atoms with van der Waals surface area (Å²) >= 11 is 0. The molecule has 1 rings (SSSR count). The third kappa shape index (κ3) is 1.68. The fourth-order valence-corrected chi connectivity index (χ4v) is 1.50. The minimum atomic E-state index is 0.379. The van der Waals surface area contributed by atoms with Crippen LogP contribution in [0.15, 0.2) is 0 Å². The lowest BCUT2D eigenvalue weighted by atomic mass is 9.98. The van der Waals surface area contributed by atoms with Gasteiger partial charge in [0.15, 0.2) is 0 Å². The molecule has 0 radical (unpaired) electrons. The summed E-state index contributed by atoms with van der Waals surface area (Å²) in [6, 6.07) is 0.897. The Bertz CT molecular complexity index is 105. The first-order valence-corrected chi connectivity index (χ1v) is 4.01. The average molecular weight is 143 g/mol. The molecule has 1 aliphatic rings. The van der Waals surface area contributed by atoms with Gasteiger partial charge in [-0.25, -0.2) is 5.01 Å². The highest BCUT2D eigenvalue weighted by Crippen LogP contribution is 2.14. The van der Waals surface area contributed by atoms with Crippen LogP contribution in [0.4, 0.5) is 0 Å². The Morgan fingerprint density at radius 2 is 2.30 bits per heavy atom. The van der Waals surface area contributed by atoms with Crippen molar-refractivity contribution in [2.45, 2.75) is 38.3 Å². The van der Waals surface area contributed by atoms with E-state index < -0.39 is 0 Å². The molecular weight excluding hydrogens is 126 g/mol. The summed E-state index contributed by atoms with van der Waals surface area (Å²) in [7, 11) is 0. The third-order valence-electron chi connectivity index (χ3n) is 2.27. The second-order valence-electron chi connectivity index (χ2n) is 3.08. The highest BCUT2D eigenvalue weighted by atomic mass is 15.4. The van der Waals surface area contributed by atoms with E-state index in [1.807, 2.05) is 5.01 Å². The van der Waals surface area contributed by atoms with Crippen molar-refractivity contribution in [3.8, 4) is 0 Å². The normalized spacial score (nSPS) is 36.3. The molecule has 2 atom stereocenters. The molecule has 0 aromatic carbocycles. The van der Waals surface area contributed by atoms with Gasteiger partial charge in [-0.15, -0.1) is 0 Å². The van der Waals surface area contributed by atoms with Crippen molar-refractivity contribution < 1.29 is 0 Å². The Balaban J connectivity index is 2.38. The fourth-order valence-electron chi connectivity index (χ4n) is 1.50. The largest absolute Gasteiger partial charge is 0.328 e. The number of rotatable bonds is 1. The minimum absolute atomic E-state index is 0.379. The van der Waals surface area contributed by atoms with Crippen LogP contribution < -0.4 is 11.6 Å². The van der Waals surface area contributed by atoms with E-state index in [1.165, 1.54) is 0 Å². The molecule has 0 spiro atoms. The SMILES string of the molecule is CCC1CC(N)CCN1N. The Morgan fingerprint density at radius 3 is 2.80 bits per heavy atom. The van der Waals surface area contributed by atoms with Gasteiger partial charge in [-0.05, 0) is 19.3 Å². The zero-order valence-electron chi connectivity index (χ0n) is 6.59. The van der Waals surface area contributed by atoms with Crippen LogP contribution >= 0.6 is 0 Å². The van der Waals surface area contributed by atoms with Crippen molar-refractivity contribution in [3.05, 3.63) is 0 Å². The van der Waals surface area contributed by atoms with Crippen LogP contribution in [-0.2, 0) is 0 Å². The molecule has 60 valence electrons. The van der Waals surface area contributed by atoms with Crippen LogP contribution in [0.3, 0.4) is 0 Å². The summed E-state index contributed by atoms with van der Waals surface area (Å²) in [5.74, 6) is 5.73. The van der Waals surface area contributed by atoms with Gasteiger partial charge >= 0.3 is 0 Å². The minimum Gasteiger partial charge on any atom is -0.328 e. The van der Waals surface area contributed by atoms with Gasteiger partial charge in [0.05, 0.1) is 0 Å². The molecule has 0 aromatic heterocycles. The first-order chi connectivity index (χ1) is 4.74. The Labute approximate surface area is 62.3 Å². The Hall–Kier alpha value is -0.120. The van der Waals surface area contributed by atoms with Crippen LogP contribution in [0.25, 0.3) is 0 Å². The van der Waals surface area contributed by atoms with Crippen LogP contribution in [0.1, 0.15) is 26.2 Å². The zero-order chi connectivity index (χ0) is 7.56. The van der Waals surface area contributed by atoms with Crippen molar-refractivity contribution in [1.82, 2.24) is 5.01 Å². The van der Waals surface area contributed by atoms with Crippen molar-refractivity contribution in [2.24, 2.45) is 11.6 Å². The van der Waals surface area contributed by atoms with Crippen LogP contribution in [0.2, 0.25) is 0 Å². The second kappa shape index (κ2) is 3.32. The molecule has 3 heteroatoms. The molecule has 1 aliphatic heterocycles. The van der Waals surface area contributed by atoms with Crippen LogP contribution in [0, 0.1) is 0 Å². The maximum Gasteiger partial charge on any atom is 0.0253 e. The maximum absolute atomic E-state index is 5.78. The van der Waals surface area contributed by atoms with E-state index in [0.717, 1.165) is 25.8 Å². The lowest BCUT2D eigenvalue weighted by Crippen LogP contribution is -2.50. The number of hydrogen-bond acceptors (Lipinski definition) is 3. The van der Waals surface area contributed by atoms with Crippen LogP contribution in [0.5, 0.6) is 0 Å². The molecular formula is C7H17N3. The van der Waals surface area contributed by atoms with E-state index in [4.69, 9.17) is 11.6 Å². The Morgan fingerprint density at radius 1 is 1.60 bits per heavy atom. The van der Waals surface area contributed by atoms with Crippen LogP contribution in [-0.4, -0.2) is 23.6 Å². The molecule has 0 aliphatic carbocycles. The molecule has 1 fully saturated rings. The lowest BCUT2D eigenvalue weighted by Gasteiger charge is -2.34. The van der Waals surface area contributed by atoms with E-state index in [1.54, 1.807) is 0 Å². The maximum atomic E-state index is 5.78.